The average Bonchev–Trinajstić information content (AvgIpc) is 2.88. The third-order valence-corrected chi connectivity index (χ3v) is 5.10. The summed E-state index contributed by atoms with van der Waals surface area (Å²) >= 11 is 13.6. The molecule has 1 heterocycles. The molecule has 20 heavy (non-hydrogen) atoms. The fraction of sp³-hybridized carbons (Fsp3) is 0.0625. The molecule has 0 unspecified atom stereocenters. The monoisotopic (exact) mass is 320 g/mol. The van der Waals surface area contributed by atoms with Crippen LogP contribution < -0.4 is 0 Å². The molecule has 0 bridgehead atoms. The van der Waals surface area contributed by atoms with Crippen LogP contribution in [0.15, 0.2) is 48.5 Å². The van der Waals surface area contributed by atoms with Crippen molar-refractivity contribution in [2.24, 2.45) is 0 Å². The van der Waals surface area contributed by atoms with E-state index < -0.39 is 0 Å². The van der Waals surface area contributed by atoms with Crippen molar-refractivity contribution in [1.82, 2.24) is 0 Å². The highest BCUT2D eigenvalue weighted by Gasteiger charge is 2.13. The Hall–Kier alpha value is -1.35. The smallest absolute Gasteiger partial charge is 0.177 e. The molecule has 3 aromatic rings. The van der Waals surface area contributed by atoms with Crippen LogP contribution in [0.25, 0.3) is 10.1 Å². The summed E-state index contributed by atoms with van der Waals surface area (Å²) in [7, 11) is 0. The van der Waals surface area contributed by atoms with Crippen molar-refractivity contribution in [2.45, 2.75) is 6.42 Å². The Morgan fingerprint density at radius 3 is 2.65 bits per heavy atom. The fourth-order valence-corrected chi connectivity index (χ4v) is 3.45. The van der Waals surface area contributed by atoms with Crippen molar-refractivity contribution in [3.05, 3.63) is 69.0 Å². The van der Waals surface area contributed by atoms with Gasteiger partial charge in [0.1, 0.15) is 0 Å². The van der Waals surface area contributed by atoms with E-state index in [1.165, 1.54) is 11.3 Å². The van der Waals surface area contributed by atoms with Gasteiger partial charge in [0.2, 0.25) is 0 Å². The van der Waals surface area contributed by atoms with E-state index in [2.05, 4.69) is 0 Å². The number of Topliss-reactive ketones (excluding diaryl/α,β-unsaturated/α-hetero) is 1. The maximum Gasteiger partial charge on any atom is 0.177 e. The number of hydrogen-bond donors (Lipinski definition) is 0. The van der Waals surface area contributed by atoms with Crippen LogP contribution in [-0.4, -0.2) is 5.78 Å². The highest BCUT2D eigenvalue weighted by Crippen LogP contribution is 2.29. The SMILES string of the molecule is O=C(Cc1cccc(Cl)c1Cl)c1cc2ccccc2s1. The van der Waals surface area contributed by atoms with Gasteiger partial charge in [-0.1, -0.05) is 53.5 Å². The Morgan fingerprint density at radius 1 is 1.05 bits per heavy atom. The van der Waals surface area contributed by atoms with Crippen molar-refractivity contribution >= 4 is 50.4 Å². The van der Waals surface area contributed by atoms with Gasteiger partial charge in [-0.25, -0.2) is 0 Å². The van der Waals surface area contributed by atoms with Gasteiger partial charge in [-0.3, -0.25) is 4.79 Å². The minimum atomic E-state index is 0.0652. The van der Waals surface area contributed by atoms with Gasteiger partial charge < -0.3 is 0 Å². The van der Waals surface area contributed by atoms with Crippen LogP contribution in [0.4, 0.5) is 0 Å². The Labute approximate surface area is 130 Å². The van der Waals surface area contributed by atoms with E-state index in [-0.39, 0.29) is 12.2 Å². The zero-order chi connectivity index (χ0) is 14.1. The van der Waals surface area contributed by atoms with E-state index in [9.17, 15) is 4.79 Å². The van der Waals surface area contributed by atoms with E-state index in [1.807, 2.05) is 42.5 Å². The van der Waals surface area contributed by atoms with Crippen molar-refractivity contribution < 1.29 is 4.79 Å². The van der Waals surface area contributed by atoms with Gasteiger partial charge in [0.15, 0.2) is 5.78 Å². The second-order valence-electron chi connectivity index (χ2n) is 4.46. The summed E-state index contributed by atoms with van der Waals surface area (Å²) in [4.78, 5) is 13.1. The molecule has 0 aliphatic rings. The van der Waals surface area contributed by atoms with Crippen molar-refractivity contribution in [2.75, 3.05) is 0 Å². The lowest BCUT2D eigenvalue weighted by Crippen LogP contribution is -2.01. The lowest BCUT2D eigenvalue weighted by molar-refractivity contribution is 0.0997. The zero-order valence-corrected chi connectivity index (χ0v) is 12.7. The Bertz CT molecular complexity index is 759. The molecular weight excluding hydrogens is 311 g/mol. The molecule has 100 valence electrons. The predicted octanol–water partition coefficient (Wildman–Crippen LogP) is 5.63. The van der Waals surface area contributed by atoms with Gasteiger partial charge in [0.25, 0.3) is 0 Å². The first kappa shape index (κ1) is 13.6. The first-order chi connectivity index (χ1) is 9.65. The maximum atomic E-state index is 12.4. The predicted molar refractivity (Wildman–Crippen MR) is 86.3 cm³/mol. The van der Waals surface area contributed by atoms with Crippen LogP contribution in [0.5, 0.6) is 0 Å². The topological polar surface area (TPSA) is 17.1 Å². The molecule has 0 spiro atoms. The molecule has 3 rings (SSSR count). The number of fused-ring (bicyclic) bond motifs is 1. The van der Waals surface area contributed by atoms with Crippen molar-refractivity contribution in [1.29, 1.82) is 0 Å². The molecule has 4 heteroatoms. The maximum absolute atomic E-state index is 12.4. The molecule has 0 atom stereocenters. The number of carbonyl (C=O) groups excluding carboxylic acids is 1. The molecule has 0 saturated heterocycles. The van der Waals surface area contributed by atoms with Gasteiger partial charge in [-0.2, -0.15) is 0 Å². The largest absolute Gasteiger partial charge is 0.293 e. The Balaban J connectivity index is 1.91. The molecule has 0 amide bonds. The minimum absolute atomic E-state index is 0.0652. The molecule has 0 aliphatic heterocycles. The van der Waals surface area contributed by atoms with E-state index in [0.29, 0.717) is 10.0 Å². The van der Waals surface area contributed by atoms with Crippen LogP contribution in [-0.2, 0) is 6.42 Å². The van der Waals surface area contributed by atoms with Crippen LogP contribution in [0.3, 0.4) is 0 Å². The molecule has 0 saturated carbocycles. The van der Waals surface area contributed by atoms with Gasteiger partial charge in [0.05, 0.1) is 14.9 Å². The number of thiophene rings is 1. The highest BCUT2D eigenvalue weighted by molar-refractivity contribution is 7.20. The number of rotatable bonds is 3. The first-order valence-corrected chi connectivity index (χ1v) is 7.67. The number of carbonyl (C=O) groups is 1. The first-order valence-electron chi connectivity index (χ1n) is 6.10. The molecule has 0 radical (unpaired) electrons. The summed E-state index contributed by atoms with van der Waals surface area (Å²) in [5.41, 5.74) is 0.765. The normalized spacial score (nSPS) is 10.9. The van der Waals surface area contributed by atoms with Crippen molar-refractivity contribution in [3.63, 3.8) is 0 Å². The third kappa shape index (κ3) is 2.59. The second kappa shape index (κ2) is 5.57. The Morgan fingerprint density at radius 2 is 1.85 bits per heavy atom. The summed E-state index contributed by atoms with van der Waals surface area (Å²) < 4.78 is 1.12. The fourth-order valence-electron chi connectivity index (χ4n) is 2.06. The molecule has 0 aliphatic carbocycles. The van der Waals surface area contributed by atoms with Gasteiger partial charge in [-0.05, 0) is 29.1 Å². The molecule has 0 fully saturated rings. The summed E-state index contributed by atoms with van der Waals surface area (Å²) in [6.45, 7) is 0. The zero-order valence-electron chi connectivity index (χ0n) is 10.4. The quantitative estimate of drug-likeness (QED) is 0.571. The van der Waals surface area contributed by atoms with Gasteiger partial charge >= 0.3 is 0 Å². The number of ketones is 1. The molecule has 0 N–H and O–H groups in total. The van der Waals surface area contributed by atoms with Crippen LogP contribution in [0.1, 0.15) is 15.2 Å². The van der Waals surface area contributed by atoms with E-state index in [4.69, 9.17) is 23.2 Å². The standard InChI is InChI=1S/C16H10Cl2OS/c17-12-6-3-5-11(16(12)18)8-13(19)15-9-10-4-1-2-7-14(10)20-15/h1-7,9H,8H2. The highest BCUT2D eigenvalue weighted by atomic mass is 35.5. The second-order valence-corrected chi connectivity index (χ2v) is 6.33. The van der Waals surface area contributed by atoms with Crippen LogP contribution in [0, 0.1) is 0 Å². The van der Waals surface area contributed by atoms with E-state index in [0.717, 1.165) is 20.5 Å². The number of benzene rings is 2. The Kier molecular flexibility index (Phi) is 3.79. The number of hydrogen-bond acceptors (Lipinski definition) is 2. The molecule has 1 nitrogen and oxygen atoms in total. The minimum Gasteiger partial charge on any atom is -0.293 e. The average molecular weight is 321 g/mol. The summed E-state index contributed by atoms with van der Waals surface area (Å²) in [5.74, 6) is 0.0652. The van der Waals surface area contributed by atoms with E-state index in [1.54, 1.807) is 6.07 Å². The van der Waals surface area contributed by atoms with Crippen molar-refractivity contribution in [3.8, 4) is 0 Å². The molecular formula is C16H10Cl2OS. The summed E-state index contributed by atoms with van der Waals surface area (Å²) in [5, 5.41) is 2.04. The summed E-state index contributed by atoms with van der Waals surface area (Å²) in [6, 6.07) is 15.3. The molecule has 2 aromatic carbocycles. The van der Waals surface area contributed by atoms with Crippen LogP contribution in [0.2, 0.25) is 10.0 Å². The van der Waals surface area contributed by atoms with Crippen LogP contribution >= 0.6 is 34.5 Å². The van der Waals surface area contributed by atoms with Gasteiger partial charge in [0, 0.05) is 11.1 Å². The van der Waals surface area contributed by atoms with Gasteiger partial charge in [-0.15, -0.1) is 11.3 Å². The third-order valence-electron chi connectivity index (χ3n) is 3.08. The lowest BCUT2D eigenvalue weighted by Gasteiger charge is -2.03. The summed E-state index contributed by atoms with van der Waals surface area (Å²) in [6.07, 6.45) is 0.270. The number of halogens is 2. The molecule has 1 aromatic heterocycles. The lowest BCUT2D eigenvalue weighted by atomic mass is 10.1. The van der Waals surface area contributed by atoms with E-state index >= 15 is 0 Å².